The standard InChI is InChI=1S/C55H31NOS2/c57-55-43-16-8-7-15-40(43)47-30-37(36-23-26-51-46(29-36)42-20-10-18-39(54(42)59-51)33-13-5-2-6-14-33)31-48-44-27-34(21-24-49(44)56(55)52(47)48)35-22-25-50-45(28-35)41-19-9-17-38(53(41)58-50)32-11-3-1-4-12-32/h1-31H. The van der Waals surface area contributed by atoms with E-state index in [4.69, 9.17) is 0 Å². The molecule has 59 heavy (non-hydrogen) atoms. The Morgan fingerprint density at radius 1 is 0.322 bits per heavy atom. The summed E-state index contributed by atoms with van der Waals surface area (Å²) in [5, 5.41) is 10.1. The summed E-state index contributed by atoms with van der Waals surface area (Å²) in [6.45, 7) is 0. The number of thiophene rings is 2. The summed E-state index contributed by atoms with van der Waals surface area (Å²) >= 11 is 3.72. The lowest BCUT2D eigenvalue weighted by molar-refractivity contribution is 1.21. The molecule has 0 amide bonds. The first-order valence-electron chi connectivity index (χ1n) is 19.9. The van der Waals surface area contributed by atoms with E-state index in [1.54, 1.807) is 0 Å². The molecule has 0 aliphatic heterocycles. The van der Waals surface area contributed by atoms with Crippen molar-refractivity contribution in [2.24, 2.45) is 0 Å². The zero-order valence-electron chi connectivity index (χ0n) is 31.6. The number of nitrogens with zero attached hydrogens (tertiary/aromatic N) is 1. The van der Waals surface area contributed by atoms with Crippen molar-refractivity contribution in [3.63, 3.8) is 0 Å². The first-order valence-corrected chi connectivity index (χ1v) is 21.6. The highest BCUT2D eigenvalue weighted by atomic mass is 32.1. The van der Waals surface area contributed by atoms with Crippen molar-refractivity contribution in [1.82, 2.24) is 4.40 Å². The van der Waals surface area contributed by atoms with Crippen LogP contribution in [0.1, 0.15) is 0 Å². The molecule has 274 valence electrons. The van der Waals surface area contributed by atoms with E-state index in [2.05, 4.69) is 170 Å². The Labute approximate surface area is 346 Å². The van der Waals surface area contributed by atoms with Crippen molar-refractivity contribution < 1.29 is 0 Å². The maximum atomic E-state index is 14.4. The van der Waals surface area contributed by atoms with E-state index in [0.717, 1.165) is 60.2 Å². The monoisotopic (exact) mass is 785 g/mol. The van der Waals surface area contributed by atoms with Gasteiger partial charge in [-0.3, -0.25) is 9.20 Å². The summed E-state index contributed by atoms with van der Waals surface area (Å²) in [6, 6.07) is 67.8. The van der Waals surface area contributed by atoms with Gasteiger partial charge in [-0.2, -0.15) is 0 Å². The van der Waals surface area contributed by atoms with Crippen molar-refractivity contribution >= 4 is 101 Å². The largest absolute Gasteiger partial charge is 0.275 e. The van der Waals surface area contributed by atoms with Gasteiger partial charge >= 0.3 is 0 Å². The molecule has 0 aliphatic rings. The van der Waals surface area contributed by atoms with Gasteiger partial charge in [-0.15, -0.1) is 22.7 Å². The minimum Gasteiger partial charge on any atom is -0.275 e. The second-order valence-electron chi connectivity index (χ2n) is 15.6. The highest BCUT2D eigenvalue weighted by Crippen LogP contribution is 2.45. The van der Waals surface area contributed by atoms with Crippen LogP contribution in [0.5, 0.6) is 0 Å². The Morgan fingerprint density at radius 3 is 1.37 bits per heavy atom. The highest BCUT2D eigenvalue weighted by molar-refractivity contribution is 7.26. The summed E-state index contributed by atoms with van der Waals surface area (Å²) in [7, 11) is 0. The number of benzene rings is 9. The van der Waals surface area contributed by atoms with E-state index in [9.17, 15) is 4.79 Å². The minimum atomic E-state index is 0.0226. The fraction of sp³-hybridized carbons (Fsp3) is 0. The number of hydrogen-bond acceptors (Lipinski definition) is 3. The molecule has 9 aromatic carbocycles. The molecule has 0 bridgehead atoms. The summed E-state index contributed by atoms with van der Waals surface area (Å²) in [4.78, 5) is 14.4. The molecular formula is C55H31NOS2. The Balaban J connectivity index is 1.03. The molecule has 0 N–H and O–H groups in total. The van der Waals surface area contributed by atoms with E-state index >= 15 is 0 Å². The van der Waals surface area contributed by atoms with Crippen molar-refractivity contribution in [2.75, 3.05) is 0 Å². The summed E-state index contributed by atoms with van der Waals surface area (Å²) < 4.78 is 7.13. The van der Waals surface area contributed by atoms with Crippen LogP contribution in [-0.4, -0.2) is 4.40 Å². The molecule has 0 saturated carbocycles. The van der Waals surface area contributed by atoms with Gasteiger partial charge in [-0.05, 0) is 104 Å². The lowest BCUT2D eigenvalue weighted by Gasteiger charge is -2.10. The average molecular weight is 786 g/mol. The van der Waals surface area contributed by atoms with E-state index < -0.39 is 0 Å². The number of aromatic nitrogens is 1. The Kier molecular flexibility index (Phi) is 6.94. The van der Waals surface area contributed by atoms with Crippen molar-refractivity contribution in [3.05, 3.63) is 198 Å². The molecule has 0 fully saturated rings. The van der Waals surface area contributed by atoms with E-state index in [1.807, 2.05) is 45.3 Å². The second kappa shape index (κ2) is 12.4. The molecule has 0 radical (unpaired) electrons. The quantitative estimate of drug-likeness (QED) is 0.163. The smallest absolute Gasteiger partial charge is 0.263 e. The van der Waals surface area contributed by atoms with Crippen molar-refractivity contribution in [2.45, 2.75) is 0 Å². The molecule has 0 saturated heterocycles. The van der Waals surface area contributed by atoms with Gasteiger partial charge in [-0.25, -0.2) is 0 Å². The van der Waals surface area contributed by atoms with Gasteiger partial charge in [-0.1, -0.05) is 133 Å². The summed E-state index contributed by atoms with van der Waals surface area (Å²) in [5.41, 5.74) is 11.5. The maximum absolute atomic E-state index is 14.4. The molecular weight excluding hydrogens is 755 g/mol. The number of hydrogen-bond donors (Lipinski definition) is 0. The lowest BCUT2D eigenvalue weighted by atomic mass is 9.95. The Morgan fingerprint density at radius 2 is 0.780 bits per heavy atom. The average Bonchev–Trinajstić information content (AvgIpc) is 3.98. The third-order valence-electron chi connectivity index (χ3n) is 12.3. The SMILES string of the molecule is O=c1c2ccccc2c2cc(-c3ccc4sc5c(-c6ccccc6)cccc5c4c3)cc3c4cc(-c5ccc6sc7c(-c8ccccc8)cccc7c6c5)ccc4n1c23. The van der Waals surface area contributed by atoms with E-state index in [-0.39, 0.29) is 5.56 Å². The van der Waals surface area contributed by atoms with Gasteiger partial charge in [0.1, 0.15) is 0 Å². The third-order valence-corrected chi connectivity index (χ3v) is 14.8. The van der Waals surface area contributed by atoms with Crippen LogP contribution in [-0.2, 0) is 0 Å². The fourth-order valence-electron chi connectivity index (χ4n) is 9.58. The number of fused-ring (bicyclic) bond motifs is 11. The van der Waals surface area contributed by atoms with Crippen LogP contribution in [0.15, 0.2) is 193 Å². The van der Waals surface area contributed by atoms with E-state index in [1.165, 1.54) is 62.6 Å². The minimum absolute atomic E-state index is 0.0226. The predicted molar refractivity (Wildman–Crippen MR) is 255 cm³/mol. The van der Waals surface area contributed by atoms with Gasteiger partial charge in [0.25, 0.3) is 5.56 Å². The third kappa shape index (κ3) is 4.82. The van der Waals surface area contributed by atoms with Gasteiger partial charge in [0.05, 0.1) is 11.0 Å². The number of pyridine rings is 1. The molecule has 0 spiro atoms. The maximum Gasteiger partial charge on any atom is 0.263 e. The molecule has 0 unspecified atom stereocenters. The first-order chi connectivity index (χ1) is 29.2. The van der Waals surface area contributed by atoms with Crippen LogP contribution in [0.2, 0.25) is 0 Å². The van der Waals surface area contributed by atoms with Crippen molar-refractivity contribution in [3.8, 4) is 44.5 Å². The Hall–Kier alpha value is -7.11. The van der Waals surface area contributed by atoms with Gasteiger partial charge in [0.2, 0.25) is 0 Å². The summed E-state index contributed by atoms with van der Waals surface area (Å²) in [5.74, 6) is 0. The zero-order valence-corrected chi connectivity index (χ0v) is 33.2. The van der Waals surface area contributed by atoms with Crippen LogP contribution < -0.4 is 5.56 Å². The van der Waals surface area contributed by atoms with Crippen LogP contribution >= 0.6 is 22.7 Å². The number of rotatable bonds is 4. The summed E-state index contributed by atoms with van der Waals surface area (Å²) in [6.07, 6.45) is 0. The highest BCUT2D eigenvalue weighted by Gasteiger charge is 2.20. The predicted octanol–water partition coefficient (Wildman–Crippen LogP) is 15.6. The van der Waals surface area contributed by atoms with Gasteiger partial charge < -0.3 is 0 Å². The molecule has 2 nitrogen and oxygen atoms in total. The van der Waals surface area contributed by atoms with Crippen LogP contribution in [0.25, 0.3) is 123 Å². The molecule has 4 heterocycles. The topological polar surface area (TPSA) is 21.5 Å². The molecule has 0 atom stereocenters. The molecule has 4 heteroatoms. The second-order valence-corrected chi connectivity index (χ2v) is 17.7. The molecule has 4 aromatic heterocycles. The molecule has 13 aromatic rings. The van der Waals surface area contributed by atoms with Gasteiger partial charge in [0.15, 0.2) is 0 Å². The van der Waals surface area contributed by atoms with Crippen molar-refractivity contribution in [1.29, 1.82) is 0 Å². The normalized spacial score (nSPS) is 12.1. The molecule has 13 rings (SSSR count). The first kappa shape index (κ1) is 32.9. The van der Waals surface area contributed by atoms with Crippen LogP contribution in [0.3, 0.4) is 0 Å². The van der Waals surface area contributed by atoms with E-state index in [0.29, 0.717) is 0 Å². The zero-order chi connectivity index (χ0) is 38.8. The fourth-order valence-corrected chi connectivity index (χ4v) is 12.0. The van der Waals surface area contributed by atoms with Gasteiger partial charge in [0, 0.05) is 61.9 Å². The lowest BCUT2D eigenvalue weighted by Crippen LogP contribution is -2.12. The van der Waals surface area contributed by atoms with Crippen LogP contribution in [0.4, 0.5) is 0 Å². The molecule has 0 aliphatic carbocycles. The van der Waals surface area contributed by atoms with Crippen LogP contribution in [0, 0.1) is 0 Å². The Bertz CT molecular complexity index is 3910.